The van der Waals surface area contributed by atoms with Gasteiger partial charge in [-0.3, -0.25) is 9.89 Å². The highest BCUT2D eigenvalue weighted by molar-refractivity contribution is 14.0. The molecule has 0 aromatic heterocycles. The third-order valence-corrected chi connectivity index (χ3v) is 7.21. The summed E-state index contributed by atoms with van der Waals surface area (Å²) in [7, 11) is -3.33. The zero-order valence-electron chi connectivity index (χ0n) is 17.6. The third-order valence-electron chi connectivity index (χ3n) is 5.88. The Bertz CT molecular complexity index is 607. The number of halogens is 1. The lowest BCUT2D eigenvalue weighted by Gasteiger charge is -2.25. The van der Waals surface area contributed by atoms with Crippen LogP contribution in [0.3, 0.4) is 0 Å². The van der Waals surface area contributed by atoms with Gasteiger partial charge in [-0.25, -0.2) is 13.1 Å². The maximum Gasteiger partial charge on any atom is 0.213 e. The number of sulfonamides is 1. The van der Waals surface area contributed by atoms with Crippen LogP contribution in [0.1, 0.15) is 45.4 Å². The van der Waals surface area contributed by atoms with Crippen LogP contribution in [0.5, 0.6) is 0 Å². The van der Waals surface area contributed by atoms with Crippen LogP contribution < -0.4 is 10.0 Å². The molecule has 3 fully saturated rings. The van der Waals surface area contributed by atoms with Crippen molar-refractivity contribution in [3.8, 4) is 0 Å². The minimum atomic E-state index is -3.33. The van der Waals surface area contributed by atoms with E-state index in [4.69, 9.17) is 4.74 Å². The van der Waals surface area contributed by atoms with Gasteiger partial charge in [-0.15, -0.1) is 24.0 Å². The van der Waals surface area contributed by atoms with Crippen molar-refractivity contribution in [1.29, 1.82) is 0 Å². The lowest BCUT2D eigenvalue weighted by molar-refractivity contribution is 0.0200. The summed E-state index contributed by atoms with van der Waals surface area (Å²) in [5.74, 6) is 0.855. The predicted molar refractivity (Wildman–Crippen MR) is 128 cm³/mol. The van der Waals surface area contributed by atoms with Gasteiger partial charge in [-0.2, -0.15) is 0 Å². The molecule has 10 heteroatoms. The largest absolute Gasteiger partial charge is 0.377 e. The molecular weight excluding hydrogens is 505 g/mol. The Morgan fingerprint density at radius 1 is 1.14 bits per heavy atom. The fourth-order valence-electron chi connectivity index (χ4n) is 4.30. The van der Waals surface area contributed by atoms with Crippen molar-refractivity contribution in [2.45, 2.75) is 57.6 Å². The molecule has 0 radical (unpaired) electrons. The molecule has 3 saturated heterocycles. The fraction of sp³-hybridized carbons (Fsp3) is 0.947. The van der Waals surface area contributed by atoms with Gasteiger partial charge in [-0.05, 0) is 58.5 Å². The summed E-state index contributed by atoms with van der Waals surface area (Å²) in [6, 6.07) is 0.604. The normalized spacial score (nSPS) is 26.5. The number of aliphatic imine (C=N–C) groups is 1. The quantitative estimate of drug-likeness (QED) is 0.272. The van der Waals surface area contributed by atoms with Crippen molar-refractivity contribution < 1.29 is 13.2 Å². The first-order chi connectivity index (χ1) is 13.6. The molecule has 0 amide bonds. The SMILES string of the molecule is CCNC(=NCCS(=O)(=O)NCC1CCCCO1)N1CCC(N2CCCC2)C1.I. The van der Waals surface area contributed by atoms with Crippen molar-refractivity contribution in [1.82, 2.24) is 19.8 Å². The van der Waals surface area contributed by atoms with E-state index in [0.717, 1.165) is 57.9 Å². The third kappa shape index (κ3) is 8.12. The molecule has 2 N–H and O–H groups in total. The molecule has 0 bridgehead atoms. The lowest BCUT2D eigenvalue weighted by atomic mass is 10.1. The van der Waals surface area contributed by atoms with E-state index in [1.165, 1.54) is 25.9 Å². The molecule has 3 aliphatic heterocycles. The first-order valence-electron chi connectivity index (χ1n) is 10.9. The van der Waals surface area contributed by atoms with Crippen LogP contribution in [0.15, 0.2) is 4.99 Å². The van der Waals surface area contributed by atoms with E-state index in [2.05, 4.69) is 24.8 Å². The average Bonchev–Trinajstić information content (AvgIpc) is 3.38. The summed E-state index contributed by atoms with van der Waals surface area (Å²) in [6.45, 7) is 8.59. The van der Waals surface area contributed by atoms with Gasteiger partial charge in [-0.1, -0.05) is 0 Å². The Labute approximate surface area is 193 Å². The average molecular weight is 544 g/mol. The summed E-state index contributed by atoms with van der Waals surface area (Å²) < 4.78 is 32.8. The van der Waals surface area contributed by atoms with E-state index in [-0.39, 0.29) is 42.4 Å². The molecule has 0 aromatic rings. The van der Waals surface area contributed by atoms with Crippen molar-refractivity contribution in [2.24, 2.45) is 4.99 Å². The molecular formula is C19H38IN5O3S. The second-order valence-electron chi connectivity index (χ2n) is 8.02. The molecule has 3 heterocycles. The predicted octanol–water partition coefficient (Wildman–Crippen LogP) is 1.23. The highest BCUT2D eigenvalue weighted by Crippen LogP contribution is 2.20. The number of hydrogen-bond acceptors (Lipinski definition) is 5. The van der Waals surface area contributed by atoms with Gasteiger partial charge in [0, 0.05) is 38.8 Å². The maximum atomic E-state index is 12.3. The molecule has 0 aliphatic carbocycles. The van der Waals surface area contributed by atoms with Gasteiger partial charge in [0.05, 0.1) is 18.4 Å². The van der Waals surface area contributed by atoms with Crippen molar-refractivity contribution in [3.05, 3.63) is 0 Å². The van der Waals surface area contributed by atoms with Crippen LogP contribution in [0.4, 0.5) is 0 Å². The molecule has 170 valence electrons. The molecule has 0 aromatic carbocycles. The van der Waals surface area contributed by atoms with E-state index >= 15 is 0 Å². The Kier molecular flexibility index (Phi) is 10.9. The van der Waals surface area contributed by atoms with Gasteiger partial charge < -0.3 is 15.0 Å². The van der Waals surface area contributed by atoms with Gasteiger partial charge >= 0.3 is 0 Å². The molecule has 3 rings (SSSR count). The molecule has 2 atom stereocenters. The molecule has 8 nitrogen and oxygen atoms in total. The Morgan fingerprint density at radius 2 is 1.93 bits per heavy atom. The molecule has 29 heavy (non-hydrogen) atoms. The molecule has 0 spiro atoms. The van der Waals surface area contributed by atoms with Gasteiger partial charge in [0.15, 0.2) is 5.96 Å². The second-order valence-corrected chi connectivity index (χ2v) is 9.95. The summed E-state index contributed by atoms with van der Waals surface area (Å²) in [5.41, 5.74) is 0. The first kappa shape index (κ1) is 25.1. The van der Waals surface area contributed by atoms with E-state index in [1.54, 1.807) is 0 Å². The molecule has 0 saturated carbocycles. The number of ether oxygens (including phenoxy) is 1. The lowest BCUT2D eigenvalue weighted by Crippen LogP contribution is -2.43. The minimum absolute atomic E-state index is 0. The summed E-state index contributed by atoms with van der Waals surface area (Å²) in [5, 5.41) is 3.33. The van der Waals surface area contributed by atoms with E-state index < -0.39 is 10.0 Å². The summed E-state index contributed by atoms with van der Waals surface area (Å²) >= 11 is 0. The van der Waals surface area contributed by atoms with E-state index in [0.29, 0.717) is 12.6 Å². The first-order valence-corrected chi connectivity index (χ1v) is 12.6. The van der Waals surface area contributed by atoms with Crippen molar-refractivity contribution >= 4 is 40.0 Å². The Morgan fingerprint density at radius 3 is 2.62 bits per heavy atom. The number of likely N-dealkylation sites (tertiary alicyclic amines) is 2. The van der Waals surface area contributed by atoms with E-state index in [1.807, 2.05) is 6.92 Å². The minimum Gasteiger partial charge on any atom is -0.377 e. The van der Waals surface area contributed by atoms with Crippen molar-refractivity contribution in [3.63, 3.8) is 0 Å². The zero-order chi connectivity index (χ0) is 19.8. The highest BCUT2D eigenvalue weighted by atomic mass is 127. The van der Waals surface area contributed by atoms with Crippen LogP contribution in [0.2, 0.25) is 0 Å². The van der Waals surface area contributed by atoms with Crippen LogP contribution in [0.25, 0.3) is 0 Å². The molecule has 2 unspecified atom stereocenters. The fourth-order valence-corrected chi connectivity index (χ4v) is 5.21. The van der Waals surface area contributed by atoms with Crippen LogP contribution in [-0.4, -0.2) is 94.5 Å². The highest BCUT2D eigenvalue weighted by Gasteiger charge is 2.30. The smallest absolute Gasteiger partial charge is 0.213 e. The van der Waals surface area contributed by atoms with Crippen molar-refractivity contribution in [2.75, 3.05) is 58.2 Å². The maximum absolute atomic E-state index is 12.3. The number of rotatable bonds is 8. The van der Waals surface area contributed by atoms with E-state index in [9.17, 15) is 8.42 Å². The number of hydrogen-bond donors (Lipinski definition) is 2. The van der Waals surface area contributed by atoms with Crippen LogP contribution in [-0.2, 0) is 14.8 Å². The van der Waals surface area contributed by atoms with Gasteiger partial charge in [0.2, 0.25) is 10.0 Å². The second kappa shape index (κ2) is 12.6. The standard InChI is InChI=1S/C19H37N5O3S.HI/c1-2-20-19(24-12-8-17(16-24)23-10-4-5-11-23)21-9-14-28(25,26)22-15-18-7-3-6-13-27-18;/h17-18,22H,2-16H2,1H3,(H,20,21);1H. The number of nitrogens with one attached hydrogen (secondary N) is 2. The van der Waals surface area contributed by atoms with Gasteiger partial charge in [0.1, 0.15) is 0 Å². The number of guanidine groups is 1. The monoisotopic (exact) mass is 543 g/mol. The van der Waals surface area contributed by atoms with Gasteiger partial charge in [0.25, 0.3) is 0 Å². The van der Waals surface area contributed by atoms with Crippen LogP contribution in [0, 0.1) is 0 Å². The topological polar surface area (TPSA) is 86.3 Å². The van der Waals surface area contributed by atoms with Crippen LogP contribution >= 0.6 is 24.0 Å². The summed E-state index contributed by atoms with van der Waals surface area (Å²) in [6.07, 6.45) is 6.89. The Balaban J connectivity index is 0.00000300. The number of nitrogens with zero attached hydrogens (tertiary/aromatic N) is 3. The Hall–Kier alpha value is -0.170. The summed E-state index contributed by atoms with van der Waals surface area (Å²) in [4.78, 5) is 9.47. The zero-order valence-corrected chi connectivity index (χ0v) is 20.8. The molecule has 3 aliphatic rings.